The number of nitrogens with zero attached hydrogens (tertiary/aromatic N) is 6. The van der Waals surface area contributed by atoms with Crippen molar-refractivity contribution in [1.29, 1.82) is 0 Å². The number of thiazole rings is 1. The standard InChI is InChI=1S/C25H23Cl2F3N6O4S/c1-11(2)14-7-17(36(33-14)16-6-12(26)4-5-13(16)25(28,29)30)22-23(39-3)20(21(38)18(9-37)40-22)35-8-15(32-34-35)24-31-19(27)10-41-24/h4-8,10,18,20-23,37-38H,1,9H2,2-3H3/t18?,20-,21-,22-,23?/m0/s1. The summed E-state index contributed by atoms with van der Waals surface area (Å²) >= 11 is 13.3. The van der Waals surface area contributed by atoms with Crippen LogP contribution in [-0.4, -0.2) is 72.0 Å². The van der Waals surface area contributed by atoms with Crippen LogP contribution >= 0.6 is 34.5 Å². The van der Waals surface area contributed by atoms with Crippen molar-refractivity contribution in [2.24, 2.45) is 0 Å². The van der Waals surface area contributed by atoms with E-state index in [0.29, 0.717) is 22.0 Å². The molecular formula is C25H23Cl2F3N6O4S. The molecule has 218 valence electrons. The van der Waals surface area contributed by atoms with Crippen LogP contribution in [-0.2, 0) is 15.7 Å². The van der Waals surface area contributed by atoms with Crippen molar-refractivity contribution in [3.8, 4) is 16.4 Å². The number of methoxy groups -OCH3 is 1. The molecule has 1 saturated heterocycles. The molecule has 1 fully saturated rings. The van der Waals surface area contributed by atoms with Gasteiger partial charge in [-0.2, -0.15) is 18.3 Å². The molecule has 0 aliphatic carbocycles. The van der Waals surface area contributed by atoms with Crippen LogP contribution in [0, 0.1) is 0 Å². The average Bonchev–Trinajstić information content (AvgIpc) is 3.67. The minimum atomic E-state index is -4.73. The predicted molar refractivity (Wildman–Crippen MR) is 145 cm³/mol. The summed E-state index contributed by atoms with van der Waals surface area (Å²) < 4.78 is 56.6. The number of halogens is 5. The quantitative estimate of drug-likeness (QED) is 0.293. The number of rotatable bonds is 7. The van der Waals surface area contributed by atoms with Crippen molar-refractivity contribution in [2.45, 2.75) is 43.6 Å². The number of allylic oxidation sites excluding steroid dienone is 1. The van der Waals surface area contributed by atoms with Gasteiger partial charge < -0.3 is 19.7 Å². The second-order valence-corrected chi connectivity index (χ2v) is 11.0. The average molecular weight is 631 g/mol. The molecule has 10 nitrogen and oxygen atoms in total. The van der Waals surface area contributed by atoms with Gasteiger partial charge in [-0.3, -0.25) is 0 Å². The minimum absolute atomic E-state index is 0.0538. The van der Waals surface area contributed by atoms with Crippen molar-refractivity contribution < 1.29 is 32.9 Å². The maximum atomic E-state index is 14.1. The Morgan fingerprint density at radius 3 is 2.63 bits per heavy atom. The summed E-state index contributed by atoms with van der Waals surface area (Å²) in [6.45, 7) is 4.91. The molecule has 16 heteroatoms. The van der Waals surface area contributed by atoms with Crippen LogP contribution in [0.5, 0.6) is 0 Å². The van der Waals surface area contributed by atoms with Gasteiger partial charge in [-0.15, -0.1) is 16.4 Å². The van der Waals surface area contributed by atoms with Crippen molar-refractivity contribution in [2.75, 3.05) is 13.7 Å². The van der Waals surface area contributed by atoms with Gasteiger partial charge in [-0.1, -0.05) is 35.0 Å². The topological polar surface area (TPSA) is 120 Å². The molecule has 5 atom stereocenters. The molecule has 5 rings (SSSR count). The third-order valence-electron chi connectivity index (χ3n) is 6.61. The van der Waals surface area contributed by atoms with Gasteiger partial charge in [0.2, 0.25) is 0 Å². The first-order chi connectivity index (χ1) is 19.4. The number of aliphatic hydroxyl groups excluding tert-OH is 2. The summed E-state index contributed by atoms with van der Waals surface area (Å²) in [6.07, 6.45) is -7.90. The lowest BCUT2D eigenvalue weighted by Gasteiger charge is -2.43. The van der Waals surface area contributed by atoms with E-state index in [2.05, 4.69) is 27.0 Å². The Labute approximate surface area is 245 Å². The second-order valence-electron chi connectivity index (χ2n) is 9.32. The van der Waals surface area contributed by atoms with Crippen LogP contribution < -0.4 is 0 Å². The Bertz CT molecular complexity index is 1570. The molecule has 2 unspecified atom stereocenters. The van der Waals surface area contributed by atoms with Crippen LogP contribution in [0.4, 0.5) is 13.2 Å². The lowest BCUT2D eigenvalue weighted by Crippen LogP contribution is -2.53. The van der Waals surface area contributed by atoms with Crippen LogP contribution in [0.25, 0.3) is 22.0 Å². The molecule has 41 heavy (non-hydrogen) atoms. The molecule has 4 heterocycles. The Balaban J connectivity index is 1.66. The molecule has 0 spiro atoms. The molecule has 0 radical (unpaired) electrons. The van der Waals surface area contributed by atoms with E-state index in [1.807, 2.05) is 0 Å². The molecule has 0 amide bonds. The number of aromatic nitrogens is 6. The summed E-state index contributed by atoms with van der Waals surface area (Å²) in [6, 6.07) is 3.67. The summed E-state index contributed by atoms with van der Waals surface area (Å²) in [7, 11) is 1.36. The summed E-state index contributed by atoms with van der Waals surface area (Å²) in [5.74, 6) is 0. The zero-order valence-electron chi connectivity index (χ0n) is 21.5. The maximum absolute atomic E-state index is 14.1. The maximum Gasteiger partial charge on any atom is 0.418 e. The van der Waals surface area contributed by atoms with Gasteiger partial charge in [-0.25, -0.2) is 14.3 Å². The number of alkyl halides is 3. The lowest BCUT2D eigenvalue weighted by atomic mass is 9.90. The summed E-state index contributed by atoms with van der Waals surface area (Å²) in [4.78, 5) is 4.18. The molecule has 1 aliphatic heterocycles. The smallest absolute Gasteiger partial charge is 0.394 e. The summed E-state index contributed by atoms with van der Waals surface area (Å²) in [5.41, 5.74) is -0.0523. The molecule has 1 aliphatic rings. The van der Waals surface area contributed by atoms with Crippen molar-refractivity contribution in [3.05, 3.63) is 69.5 Å². The highest BCUT2D eigenvalue weighted by molar-refractivity contribution is 7.13. The molecule has 1 aromatic carbocycles. The monoisotopic (exact) mass is 630 g/mol. The normalized spacial score (nSPS) is 23.2. The Morgan fingerprint density at radius 1 is 1.27 bits per heavy atom. The predicted octanol–water partition coefficient (Wildman–Crippen LogP) is 5.00. The first-order valence-electron chi connectivity index (χ1n) is 12.1. The highest BCUT2D eigenvalue weighted by atomic mass is 35.5. The Morgan fingerprint density at radius 2 is 2.02 bits per heavy atom. The second kappa shape index (κ2) is 11.4. The number of ether oxygens (including phenoxy) is 2. The van der Waals surface area contributed by atoms with E-state index in [-0.39, 0.29) is 21.6 Å². The van der Waals surface area contributed by atoms with Gasteiger partial charge in [0.1, 0.15) is 46.3 Å². The molecule has 0 saturated carbocycles. The van der Waals surface area contributed by atoms with E-state index in [1.165, 1.54) is 35.4 Å². The van der Waals surface area contributed by atoms with Gasteiger partial charge in [0, 0.05) is 17.5 Å². The van der Waals surface area contributed by atoms with E-state index in [9.17, 15) is 23.4 Å². The fourth-order valence-electron chi connectivity index (χ4n) is 4.71. The van der Waals surface area contributed by atoms with Crippen molar-refractivity contribution >= 4 is 40.1 Å². The molecule has 2 N–H and O–H groups in total. The third kappa shape index (κ3) is 5.65. The minimum Gasteiger partial charge on any atom is -0.394 e. The number of benzene rings is 1. The van der Waals surface area contributed by atoms with Gasteiger partial charge in [0.15, 0.2) is 0 Å². The van der Waals surface area contributed by atoms with E-state index in [1.54, 1.807) is 12.3 Å². The number of aliphatic hydroxyl groups is 2. The van der Waals surface area contributed by atoms with E-state index in [4.69, 9.17) is 32.7 Å². The third-order valence-corrected chi connectivity index (χ3v) is 8.03. The molecule has 0 bridgehead atoms. The SMILES string of the molecule is C=C(C)c1cc([C@@H]2OC(CO)[C@H](O)[C@H](n3cc(-c4nc(Cl)cs4)nn3)C2OC)n(-c2cc(Cl)ccc2C(F)(F)F)n1. The Hall–Kier alpha value is -2.85. The highest BCUT2D eigenvalue weighted by Crippen LogP contribution is 2.43. The van der Waals surface area contributed by atoms with Crippen molar-refractivity contribution in [3.63, 3.8) is 0 Å². The van der Waals surface area contributed by atoms with Crippen LogP contribution in [0.3, 0.4) is 0 Å². The van der Waals surface area contributed by atoms with Gasteiger partial charge >= 0.3 is 6.18 Å². The zero-order valence-corrected chi connectivity index (χ0v) is 23.8. The molecule has 3 aromatic heterocycles. The van der Waals surface area contributed by atoms with Crippen LogP contribution in [0.1, 0.15) is 36.0 Å². The molecule has 4 aromatic rings. The first-order valence-corrected chi connectivity index (χ1v) is 13.7. The van der Waals surface area contributed by atoms with Crippen LogP contribution in [0.15, 0.2) is 42.4 Å². The van der Waals surface area contributed by atoms with Gasteiger partial charge in [0.05, 0.1) is 35.4 Å². The first kappa shape index (κ1) is 29.6. The molecular weight excluding hydrogens is 608 g/mol. The van der Waals surface area contributed by atoms with E-state index in [0.717, 1.165) is 22.9 Å². The highest BCUT2D eigenvalue weighted by Gasteiger charge is 2.49. The largest absolute Gasteiger partial charge is 0.418 e. The Kier molecular flexibility index (Phi) is 8.27. The van der Waals surface area contributed by atoms with Gasteiger partial charge in [-0.05, 0) is 36.8 Å². The van der Waals surface area contributed by atoms with Gasteiger partial charge in [0.25, 0.3) is 0 Å². The zero-order chi connectivity index (χ0) is 29.6. The van der Waals surface area contributed by atoms with E-state index >= 15 is 0 Å². The van der Waals surface area contributed by atoms with Crippen LogP contribution in [0.2, 0.25) is 10.2 Å². The fraction of sp³-hybridized carbons (Fsp3) is 0.360. The summed E-state index contributed by atoms with van der Waals surface area (Å²) in [5, 5.41) is 36.4. The number of hydrogen-bond donors (Lipinski definition) is 2. The van der Waals surface area contributed by atoms with Crippen molar-refractivity contribution in [1.82, 2.24) is 29.8 Å². The fourth-order valence-corrected chi connectivity index (χ4v) is 5.77. The van der Waals surface area contributed by atoms with E-state index < -0.39 is 48.8 Å². The lowest BCUT2D eigenvalue weighted by molar-refractivity contribution is -0.216. The number of hydrogen-bond acceptors (Lipinski definition) is 9.